The van der Waals surface area contributed by atoms with E-state index in [1.165, 1.54) is 6.42 Å². The highest BCUT2D eigenvalue weighted by molar-refractivity contribution is 4.74. The van der Waals surface area contributed by atoms with Crippen LogP contribution >= 0.6 is 0 Å². The summed E-state index contributed by atoms with van der Waals surface area (Å²) in [6.45, 7) is -2.48. The van der Waals surface area contributed by atoms with E-state index in [0.717, 1.165) is 25.7 Å². The van der Waals surface area contributed by atoms with E-state index >= 15 is 0 Å². The molecule has 2 nitrogen and oxygen atoms in total. The molecule has 1 aliphatic rings. The molecule has 4 heteroatoms. The van der Waals surface area contributed by atoms with Gasteiger partial charge in [0.2, 0.25) is 0 Å². The van der Waals surface area contributed by atoms with E-state index in [4.69, 9.17) is 5.73 Å². The lowest BCUT2D eigenvalue weighted by molar-refractivity contribution is -0.175. The van der Waals surface area contributed by atoms with Crippen molar-refractivity contribution >= 4 is 0 Å². The predicted molar refractivity (Wildman–Crippen MR) is 46.5 cm³/mol. The molecular weight excluding hydrogens is 176 g/mol. The Morgan fingerprint density at radius 3 is 2.31 bits per heavy atom. The Labute approximate surface area is 77.4 Å². The fraction of sp³-hybridized carbons (Fsp3) is 1.00. The molecule has 0 spiro atoms. The van der Waals surface area contributed by atoms with Crippen LogP contribution in [0.15, 0.2) is 0 Å². The smallest absolute Gasteiger partial charge is 0.328 e. The average molecular weight is 193 g/mol. The minimum Gasteiger partial charge on any atom is -0.328 e. The lowest BCUT2D eigenvalue weighted by atomic mass is 9.85. The monoisotopic (exact) mass is 193 g/mol. The molecule has 0 bridgehead atoms. The van der Waals surface area contributed by atoms with Crippen LogP contribution in [0.5, 0.6) is 0 Å². The van der Waals surface area contributed by atoms with Gasteiger partial charge in [-0.1, -0.05) is 19.3 Å². The van der Waals surface area contributed by atoms with E-state index in [1.54, 1.807) is 0 Å². The van der Waals surface area contributed by atoms with Gasteiger partial charge in [-0.15, -0.1) is 0 Å². The van der Waals surface area contributed by atoms with Gasteiger partial charge in [-0.05, 0) is 18.8 Å². The standard InChI is InChI=1S/C9H17F2NO/c10-9(11)13-8(6-12)7-4-2-1-3-5-7/h7-9H,1-6,12H2. The zero-order chi connectivity index (χ0) is 9.68. The topological polar surface area (TPSA) is 35.2 Å². The van der Waals surface area contributed by atoms with Gasteiger partial charge >= 0.3 is 6.61 Å². The molecule has 0 saturated heterocycles. The van der Waals surface area contributed by atoms with Crippen molar-refractivity contribution in [2.45, 2.75) is 44.8 Å². The number of ether oxygens (including phenoxy) is 1. The molecule has 0 aromatic rings. The molecule has 0 aromatic carbocycles. The van der Waals surface area contributed by atoms with E-state index in [2.05, 4.69) is 4.74 Å². The van der Waals surface area contributed by atoms with Crippen LogP contribution in [0.25, 0.3) is 0 Å². The van der Waals surface area contributed by atoms with Crippen LogP contribution in [0, 0.1) is 5.92 Å². The number of hydrogen-bond acceptors (Lipinski definition) is 2. The normalized spacial score (nSPS) is 22.2. The van der Waals surface area contributed by atoms with Gasteiger partial charge in [-0.3, -0.25) is 0 Å². The minimum absolute atomic E-state index is 0.203. The number of halogens is 2. The third-order valence-corrected chi connectivity index (χ3v) is 2.69. The second-order valence-corrected chi connectivity index (χ2v) is 3.57. The molecular formula is C9H17F2NO. The summed E-state index contributed by atoms with van der Waals surface area (Å²) in [5.74, 6) is 0.243. The maximum Gasteiger partial charge on any atom is 0.345 e. The molecule has 1 unspecified atom stereocenters. The first kappa shape index (κ1) is 10.9. The lowest BCUT2D eigenvalue weighted by Gasteiger charge is -2.28. The highest BCUT2D eigenvalue weighted by atomic mass is 19.3. The molecule has 1 saturated carbocycles. The zero-order valence-corrected chi connectivity index (χ0v) is 7.72. The number of alkyl halides is 2. The summed E-state index contributed by atoms with van der Waals surface area (Å²) in [6, 6.07) is 0. The van der Waals surface area contributed by atoms with Gasteiger partial charge in [0.15, 0.2) is 0 Å². The molecule has 1 fully saturated rings. The highest BCUT2D eigenvalue weighted by Gasteiger charge is 2.25. The third-order valence-electron chi connectivity index (χ3n) is 2.69. The zero-order valence-electron chi connectivity index (χ0n) is 7.72. The summed E-state index contributed by atoms with van der Waals surface area (Å²) < 4.78 is 28.4. The second kappa shape index (κ2) is 5.50. The lowest BCUT2D eigenvalue weighted by Crippen LogP contribution is -2.34. The summed E-state index contributed by atoms with van der Waals surface area (Å²) >= 11 is 0. The van der Waals surface area contributed by atoms with Gasteiger partial charge in [0.05, 0.1) is 6.10 Å². The second-order valence-electron chi connectivity index (χ2n) is 3.57. The van der Waals surface area contributed by atoms with Crippen LogP contribution in [0.2, 0.25) is 0 Å². The van der Waals surface area contributed by atoms with E-state index in [0.29, 0.717) is 0 Å². The summed E-state index contributed by atoms with van der Waals surface area (Å²) in [5.41, 5.74) is 5.39. The van der Waals surface area contributed by atoms with Crippen LogP contribution in [0.4, 0.5) is 8.78 Å². The van der Waals surface area contributed by atoms with Gasteiger partial charge in [0.25, 0.3) is 0 Å². The first-order valence-corrected chi connectivity index (χ1v) is 4.87. The number of rotatable bonds is 4. The first-order valence-electron chi connectivity index (χ1n) is 4.87. The van der Waals surface area contributed by atoms with Crippen LogP contribution in [-0.4, -0.2) is 19.3 Å². The third kappa shape index (κ3) is 3.56. The molecule has 0 radical (unpaired) electrons. The molecule has 1 rings (SSSR count). The van der Waals surface area contributed by atoms with Crippen LogP contribution in [-0.2, 0) is 4.74 Å². The predicted octanol–water partition coefficient (Wildman–Crippen LogP) is 2.13. The summed E-state index contributed by atoms with van der Waals surface area (Å²) in [4.78, 5) is 0. The summed E-state index contributed by atoms with van der Waals surface area (Å²) in [6.07, 6.45) is 4.97. The van der Waals surface area contributed by atoms with E-state index < -0.39 is 12.7 Å². The maximum absolute atomic E-state index is 11.9. The maximum atomic E-state index is 11.9. The fourth-order valence-corrected chi connectivity index (χ4v) is 2.00. The van der Waals surface area contributed by atoms with Gasteiger partial charge in [0, 0.05) is 6.54 Å². The van der Waals surface area contributed by atoms with Crippen molar-refractivity contribution in [2.75, 3.05) is 6.54 Å². The van der Waals surface area contributed by atoms with Crippen LogP contribution in [0.1, 0.15) is 32.1 Å². The molecule has 1 atom stereocenters. The Hall–Kier alpha value is -0.220. The van der Waals surface area contributed by atoms with Gasteiger partial charge in [0.1, 0.15) is 0 Å². The molecule has 0 heterocycles. The Kier molecular flexibility index (Phi) is 4.59. The van der Waals surface area contributed by atoms with Crippen LogP contribution < -0.4 is 5.73 Å². The van der Waals surface area contributed by atoms with Crippen molar-refractivity contribution in [1.29, 1.82) is 0 Å². The Morgan fingerprint density at radius 2 is 1.85 bits per heavy atom. The highest BCUT2D eigenvalue weighted by Crippen LogP contribution is 2.28. The van der Waals surface area contributed by atoms with Crippen molar-refractivity contribution in [2.24, 2.45) is 11.7 Å². The minimum atomic E-state index is -2.68. The summed E-state index contributed by atoms with van der Waals surface area (Å²) in [5, 5.41) is 0. The number of nitrogens with two attached hydrogens (primary N) is 1. The van der Waals surface area contributed by atoms with Crippen molar-refractivity contribution in [3.8, 4) is 0 Å². The van der Waals surface area contributed by atoms with Crippen LogP contribution in [0.3, 0.4) is 0 Å². The quantitative estimate of drug-likeness (QED) is 0.742. The van der Waals surface area contributed by atoms with E-state index in [1.807, 2.05) is 0 Å². The van der Waals surface area contributed by atoms with Crippen molar-refractivity contribution in [3.63, 3.8) is 0 Å². The molecule has 13 heavy (non-hydrogen) atoms. The SMILES string of the molecule is NCC(OC(F)F)C1CCCCC1. The molecule has 0 amide bonds. The molecule has 2 N–H and O–H groups in total. The van der Waals surface area contributed by atoms with E-state index in [9.17, 15) is 8.78 Å². The molecule has 78 valence electrons. The average Bonchev–Trinajstić information content (AvgIpc) is 2.15. The Balaban J connectivity index is 2.34. The number of hydrogen-bond donors (Lipinski definition) is 1. The van der Waals surface area contributed by atoms with Gasteiger partial charge in [-0.25, -0.2) is 0 Å². The van der Waals surface area contributed by atoms with Crippen molar-refractivity contribution < 1.29 is 13.5 Å². The van der Waals surface area contributed by atoms with Crippen molar-refractivity contribution in [1.82, 2.24) is 0 Å². The van der Waals surface area contributed by atoms with Gasteiger partial charge < -0.3 is 10.5 Å². The molecule has 0 aromatic heterocycles. The Morgan fingerprint density at radius 1 is 1.23 bits per heavy atom. The first-order chi connectivity index (χ1) is 6.24. The Bertz CT molecular complexity index is 138. The summed E-state index contributed by atoms with van der Waals surface area (Å²) in [7, 11) is 0. The van der Waals surface area contributed by atoms with Gasteiger partial charge in [-0.2, -0.15) is 8.78 Å². The molecule has 1 aliphatic carbocycles. The fourth-order valence-electron chi connectivity index (χ4n) is 2.00. The van der Waals surface area contributed by atoms with Crippen molar-refractivity contribution in [3.05, 3.63) is 0 Å². The van der Waals surface area contributed by atoms with E-state index in [-0.39, 0.29) is 12.5 Å². The largest absolute Gasteiger partial charge is 0.345 e. The molecule has 0 aliphatic heterocycles.